The van der Waals surface area contributed by atoms with E-state index in [2.05, 4.69) is 60.4 Å². The summed E-state index contributed by atoms with van der Waals surface area (Å²) < 4.78 is 0. The summed E-state index contributed by atoms with van der Waals surface area (Å²) in [6.07, 6.45) is 17.8. The number of aromatic nitrogens is 2. The highest BCUT2D eigenvalue weighted by atomic mass is 15.1. The molecule has 0 radical (unpaired) electrons. The minimum Gasteiger partial charge on any atom is -0.155 e. The molecule has 2 aromatic rings. The molecule has 0 bridgehead atoms. The molecular formula is C29H42N2. The van der Waals surface area contributed by atoms with Crippen LogP contribution in [0, 0.1) is 11.8 Å². The molecule has 2 heteroatoms. The highest BCUT2D eigenvalue weighted by Crippen LogP contribution is 2.38. The van der Waals surface area contributed by atoms with E-state index in [0.29, 0.717) is 5.92 Å². The maximum Gasteiger partial charge on any atom is 0.0929 e. The summed E-state index contributed by atoms with van der Waals surface area (Å²) in [5, 5.41) is 9.28. The molecule has 0 spiro atoms. The van der Waals surface area contributed by atoms with Crippen LogP contribution in [0.25, 0.3) is 11.3 Å². The molecule has 2 saturated carbocycles. The Hall–Kier alpha value is -1.70. The molecular weight excluding hydrogens is 376 g/mol. The van der Waals surface area contributed by atoms with Crippen LogP contribution in [0.2, 0.25) is 0 Å². The minimum absolute atomic E-state index is 0.615. The maximum absolute atomic E-state index is 4.66. The highest BCUT2D eigenvalue weighted by Gasteiger charge is 2.24. The van der Waals surface area contributed by atoms with Crippen molar-refractivity contribution < 1.29 is 0 Å². The molecule has 0 atom stereocenters. The van der Waals surface area contributed by atoms with Crippen LogP contribution in [0.3, 0.4) is 0 Å². The van der Waals surface area contributed by atoms with Crippen molar-refractivity contribution in [2.75, 3.05) is 0 Å². The monoisotopic (exact) mass is 418 g/mol. The Balaban J connectivity index is 1.30. The van der Waals surface area contributed by atoms with Crippen LogP contribution < -0.4 is 0 Å². The number of rotatable bonds is 8. The Bertz CT molecular complexity index is 763. The lowest BCUT2D eigenvalue weighted by atomic mass is 9.78. The summed E-state index contributed by atoms with van der Waals surface area (Å²) in [6, 6.07) is 13.6. The van der Waals surface area contributed by atoms with E-state index in [1.807, 2.05) is 0 Å². The van der Waals surface area contributed by atoms with Gasteiger partial charge in [-0.1, -0.05) is 70.2 Å². The van der Waals surface area contributed by atoms with Gasteiger partial charge in [0.15, 0.2) is 0 Å². The van der Waals surface area contributed by atoms with Crippen LogP contribution in [-0.4, -0.2) is 10.2 Å². The van der Waals surface area contributed by atoms with Gasteiger partial charge in [-0.2, -0.15) is 10.2 Å². The zero-order chi connectivity index (χ0) is 21.5. The summed E-state index contributed by atoms with van der Waals surface area (Å²) in [5.41, 5.74) is 4.93. The number of nitrogens with zero attached hydrogens (tertiary/aromatic N) is 2. The third-order valence-corrected chi connectivity index (χ3v) is 8.27. The van der Waals surface area contributed by atoms with E-state index in [4.69, 9.17) is 0 Å². The summed E-state index contributed by atoms with van der Waals surface area (Å²) in [7, 11) is 0. The molecule has 2 nitrogen and oxygen atoms in total. The molecule has 2 aliphatic rings. The summed E-state index contributed by atoms with van der Waals surface area (Å²) in [4.78, 5) is 0. The Kier molecular flexibility index (Phi) is 8.16. The molecule has 31 heavy (non-hydrogen) atoms. The second-order valence-corrected chi connectivity index (χ2v) is 10.3. The Morgan fingerprint density at radius 3 is 1.97 bits per heavy atom. The lowest BCUT2D eigenvalue weighted by Crippen LogP contribution is -2.14. The van der Waals surface area contributed by atoms with Crippen molar-refractivity contribution in [2.24, 2.45) is 11.8 Å². The predicted octanol–water partition coefficient (Wildman–Crippen LogP) is 8.68. The van der Waals surface area contributed by atoms with E-state index in [0.717, 1.165) is 23.4 Å². The van der Waals surface area contributed by atoms with Crippen molar-refractivity contribution in [1.29, 1.82) is 0 Å². The summed E-state index contributed by atoms with van der Waals surface area (Å²) in [5.74, 6) is 3.28. The second-order valence-electron chi connectivity index (χ2n) is 10.3. The van der Waals surface area contributed by atoms with Gasteiger partial charge in [0.2, 0.25) is 0 Å². The van der Waals surface area contributed by atoms with Crippen LogP contribution in [-0.2, 0) is 0 Å². The van der Waals surface area contributed by atoms with Crippen LogP contribution >= 0.6 is 0 Å². The normalized spacial score (nSPS) is 26.6. The van der Waals surface area contributed by atoms with Gasteiger partial charge in [0, 0.05) is 11.5 Å². The lowest BCUT2D eigenvalue weighted by molar-refractivity contribution is 0.299. The van der Waals surface area contributed by atoms with E-state index in [1.54, 1.807) is 0 Å². The standard InChI is InChI=1S/C29H42N2/c1-3-5-6-7-23-10-14-26(15-11-23)28-20-21-29(31-30-28)27-18-16-25(17-19-27)24-12-8-22(4-2)9-13-24/h16-24,26H,3-15H2,1-2H3/t22-,23-,24-,26-. The van der Waals surface area contributed by atoms with Crippen molar-refractivity contribution in [3.05, 3.63) is 47.7 Å². The molecule has 0 unspecified atom stereocenters. The molecule has 4 rings (SSSR count). The number of unbranched alkanes of at least 4 members (excludes halogenated alkanes) is 2. The summed E-state index contributed by atoms with van der Waals surface area (Å²) in [6.45, 7) is 4.64. The fourth-order valence-electron chi connectivity index (χ4n) is 5.97. The Morgan fingerprint density at radius 1 is 0.677 bits per heavy atom. The molecule has 0 aliphatic heterocycles. The number of hydrogen-bond donors (Lipinski definition) is 0. The van der Waals surface area contributed by atoms with Crippen LogP contribution in [0.15, 0.2) is 36.4 Å². The van der Waals surface area contributed by atoms with Gasteiger partial charge < -0.3 is 0 Å². The molecule has 1 aromatic heterocycles. The highest BCUT2D eigenvalue weighted by molar-refractivity contribution is 5.59. The van der Waals surface area contributed by atoms with E-state index in [1.165, 1.54) is 100 Å². The molecule has 0 N–H and O–H groups in total. The molecule has 168 valence electrons. The zero-order valence-electron chi connectivity index (χ0n) is 19.9. The smallest absolute Gasteiger partial charge is 0.0929 e. The van der Waals surface area contributed by atoms with E-state index in [9.17, 15) is 0 Å². The third-order valence-electron chi connectivity index (χ3n) is 8.27. The van der Waals surface area contributed by atoms with Gasteiger partial charge in [-0.3, -0.25) is 0 Å². The van der Waals surface area contributed by atoms with Gasteiger partial charge in [0.1, 0.15) is 0 Å². The van der Waals surface area contributed by atoms with Gasteiger partial charge in [0.05, 0.1) is 11.4 Å². The van der Waals surface area contributed by atoms with Crippen molar-refractivity contribution in [3.63, 3.8) is 0 Å². The average molecular weight is 419 g/mol. The number of benzene rings is 1. The second kappa shape index (κ2) is 11.2. The Morgan fingerprint density at radius 2 is 1.35 bits per heavy atom. The first-order valence-electron chi connectivity index (χ1n) is 13.2. The van der Waals surface area contributed by atoms with Gasteiger partial charge >= 0.3 is 0 Å². The van der Waals surface area contributed by atoms with Crippen molar-refractivity contribution in [3.8, 4) is 11.3 Å². The van der Waals surface area contributed by atoms with Gasteiger partial charge in [0.25, 0.3) is 0 Å². The van der Waals surface area contributed by atoms with Crippen LogP contribution in [0.4, 0.5) is 0 Å². The number of hydrogen-bond acceptors (Lipinski definition) is 2. The average Bonchev–Trinajstić information content (AvgIpc) is 2.85. The molecule has 2 fully saturated rings. The maximum atomic E-state index is 4.66. The van der Waals surface area contributed by atoms with Gasteiger partial charge in [-0.25, -0.2) is 0 Å². The van der Waals surface area contributed by atoms with E-state index < -0.39 is 0 Å². The molecule has 2 aliphatic carbocycles. The quantitative estimate of drug-likeness (QED) is 0.401. The largest absolute Gasteiger partial charge is 0.155 e. The van der Waals surface area contributed by atoms with Crippen LogP contribution in [0.1, 0.15) is 120 Å². The molecule has 0 amide bonds. The van der Waals surface area contributed by atoms with Crippen molar-refractivity contribution in [1.82, 2.24) is 10.2 Å². The minimum atomic E-state index is 0.615. The first-order valence-corrected chi connectivity index (χ1v) is 13.2. The molecule has 0 saturated heterocycles. The van der Waals surface area contributed by atoms with Crippen molar-refractivity contribution in [2.45, 2.75) is 109 Å². The first kappa shape index (κ1) is 22.5. The topological polar surface area (TPSA) is 25.8 Å². The first-order chi connectivity index (χ1) is 15.3. The predicted molar refractivity (Wildman–Crippen MR) is 131 cm³/mol. The third kappa shape index (κ3) is 5.96. The zero-order valence-corrected chi connectivity index (χ0v) is 19.9. The van der Waals surface area contributed by atoms with Crippen molar-refractivity contribution >= 4 is 0 Å². The fraction of sp³-hybridized carbons (Fsp3) is 0.655. The molecule has 1 heterocycles. The molecule has 1 aromatic carbocycles. The Labute approximate surface area is 190 Å². The van der Waals surface area contributed by atoms with E-state index >= 15 is 0 Å². The lowest BCUT2D eigenvalue weighted by Gasteiger charge is -2.28. The van der Waals surface area contributed by atoms with Crippen LogP contribution in [0.5, 0.6) is 0 Å². The fourth-order valence-corrected chi connectivity index (χ4v) is 5.97. The SMILES string of the molecule is CCCCC[C@H]1CC[C@H](c2ccc(-c3ccc([C@H]4CC[C@H](CC)CC4)cc3)nn2)CC1. The van der Waals surface area contributed by atoms with Gasteiger partial charge in [-0.15, -0.1) is 0 Å². The van der Waals surface area contributed by atoms with Gasteiger partial charge in [-0.05, 0) is 86.8 Å². The summed E-state index contributed by atoms with van der Waals surface area (Å²) >= 11 is 0. The van der Waals surface area contributed by atoms with E-state index in [-0.39, 0.29) is 0 Å².